The fraction of sp³-hybridized carbons (Fsp3) is 0.800. The Morgan fingerprint density at radius 2 is 1.76 bits per heavy atom. The van der Waals surface area contributed by atoms with Crippen LogP contribution in [0.25, 0.3) is 0 Å². The van der Waals surface area contributed by atoms with Crippen molar-refractivity contribution in [3.05, 3.63) is 23.8 Å². The van der Waals surface area contributed by atoms with E-state index in [1.165, 1.54) is 63.4 Å². The van der Waals surface area contributed by atoms with Crippen molar-refractivity contribution in [2.45, 2.75) is 84.1 Å². The maximum Gasteiger partial charge on any atom is 0.0229 e. The minimum atomic E-state index is 0.294. The summed E-state index contributed by atoms with van der Waals surface area (Å²) in [4.78, 5) is 0. The highest BCUT2D eigenvalue weighted by Gasteiger charge is 2.24. The third-order valence-corrected chi connectivity index (χ3v) is 5.67. The Bertz CT molecular complexity index is 349. The van der Waals surface area contributed by atoms with Crippen molar-refractivity contribution in [3.63, 3.8) is 0 Å². The van der Waals surface area contributed by atoms with Crippen LogP contribution in [0.3, 0.4) is 0 Å². The Balaban J connectivity index is 1.62. The van der Waals surface area contributed by atoms with Crippen LogP contribution in [0.15, 0.2) is 23.8 Å². The van der Waals surface area contributed by atoms with Crippen LogP contribution in [0.5, 0.6) is 0 Å². The molecule has 2 aliphatic carbocycles. The first-order chi connectivity index (χ1) is 10.2. The zero-order valence-electron chi connectivity index (χ0n) is 14.2. The fourth-order valence-electron chi connectivity index (χ4n) is 4.40. The third kappa shape index (κ3) is 5.62. The minimum absolute atomic E-state index is 0.294. The molecule has 0 spiro atoms. The molecule has 1 heteroatoms. The van der Waals surface area contributed by atoms with E-state index in [2.05, 4.69) is 32.1 Å². The zero-order valence-corrected chi connectivity index (χ0v) is 14.2. The lowest BCUT2D eigenvalue weighted by molar-refractivity contribution is 0.332. The number of hydrogen-bond acceptors (Lipinski definition) is 1. The van der Waals surface area contributed by atoms with Gasteiger partial charge in [0.1, 0.15) is 0 Å². The number of rotatable bonds is 6. The molecule has 2 N–H and O–H groups in total. The van der Waals surface area contributed by atoms with Crippen LogP contribution in [0, 0.1) is 17.8 Å². The first kappa shape index (κ1) is 16.8. The Morgan fingerprint density at radius 3 is 2.43 bits per heavy atom. The van der Waals surface area contributed by atoms with Crippen LogP contribution in [0.1, 0.15) is 78.1 Å². The highest BCUT2D eigenvalue weighted by atomic mass is 14.6. The molecule has 1 fully saturated rings. The molecule has 0 heterocycles. The predicted molar refractivity (Wildman–Crippen MR) is 93.2 cm³/mol. The van der Waals surface area contributed by atoms with Gasteiger partial charge in [0.05, 0.1) is 0 Å². The molecule has 1 saturated carbocycles. The molecule has 3 atom stereocenters. The minimum Gasteiger partial charge on any atom is -0.324 e. The number of hydrogen-bond donors (Lipinski definition) is 1. The van der Waals surface area contributed by atoms with Crippen LogP contribution in [0.4, 0.5) is 0 Å². The van der Waals surface area contributed by atoms with Crippen molar-refractivity contribution in [2.75, 3.05) is 0 Å². The number of allylic oxidation sites excluding steroid dienone is 3. The van der Waals surface area contributed by atoms with Gasteiger partial charge in [-0.1, -0.05) is 62.8 Å². The molecule has 3 unspecified atom stereocenters. The summed E-state index contributed by atoms with van der Waals surface area (Å²) in [6.07, 6.45) is 21.0. The largest absolute Gasteiger partial charge is 0.324 e. The lowest BCUT2D eigenvalue weighted by Crippen LogP contribution is -2.30. The van der Waals surface area contributed by atoms with Crippen LogP contribution in [-0.4, -0.2) is 6.04 Å². The predicted octanol–water partition coefficient (Wildman–Crippen LogP) is 5.61. The molecule has 21 heavy (non-hydrogen) atoms. The SMILES string of the molecule is CC1=CC(N)CC(C)C1CC/C=C\CCC1CCCCC1. The monoisotopic (exact) mass is 289 g/mol. The van der Waals surface area contributed by atoms with Gasteiger partial charge >= 0.3 is 0 Å². The van der Waals surface area contributed by atoms with Gasteiger partial charge in [-0.05, 0) is 56.8 Å². The van der Waals surface area contributed by atoms with Gasteiger partial charge < -0.3 is 5.73 Å². The maximum atomic E-state index is 6.05. The van der Waals surface area contributed by atoms with Crippen molar-refractivity contribution in [2.24, 2.45) is 23.5 Å². The molecular weight excluding hydrogens is 254 g/mol. The summed E-state index contributed by atoms with van der Waals surface area (Å²) < 4.78 is 0. The Kier molecular flexibility index (Phi) is 7.03. The number of nitrogens with two attached hydrogens (primary N) is 1. The second-order valence-corrected chi connectivity index (χ2v) is 7.52. The summed E-state index contributed by atoms with van der Waals surface area (Å²) in [7, 11) is 0. The van der Waals surface area contributed by atoms with Crippen molar-refractivity contribution in [1.29, 1.82) is 0 Å². The van der Waals surface area contributed by atoms with Gasteiger partial charge in [-0.25, -0.2) is 0 Å². The molecule has 0 amide bonds. The summed E-state index contributed by atoms with van der Waals surface area (Å²) in [6.45, 7) is 4.64. The lowest BCUT2D eigenvalue weighted by atomic mass is 9.76. The molecule has 0 aliphatic heterocycles. The van der Waals surface area contributed by atoms with E-state index in [4.69, 9.17) is 5.73 Å². The van der Waals surface area contributed by atoms with Crippen LogP contribution in [-0.2, 0) is 0 Å². The highest BCUT2D eigenvalue weighted by Crippen LogP contribution is 2.33. The average molecular weight is 290 g/mol. The summed E-state index contributed by atoms with van der Waals surface area (Å²) in [5, 5.41) is 0. The molecule has 120 valence electrons. The van der Waals surface area contributed by atoms with E-state index in [-0.39, 0.29) is 0 Å². The Labute approximate surface area is 132 Å². The smallest absolute Gasteiger partial charge is 0.0229 e. The second-order valence-electron chi connectivity index (χ2n) is 7.52. The molecule has 1 nitrogen and oxygen atoms in total. The molecule has 0 bridgehead atoms. The van der Waals surface area contributed by atoms with Crippen LogP contribution >= 0.6 is 0 Å². The quantitative estimate of drug-likeness (QED) is 0.632. The maximum absolute atomic E-state index is 6.05. The first-order valence-corrected chi connectivity index (χ1v) is 9.25. The molecule has 2 rings (SSSR count). The molecule has 2 aliphatic rings. The third-order valence-electron chi connectivity index (χ3n) is 5.67. The normalized spacial score (nSPS) is 31.6. The van der Waals surface area contributed by atoms with E-state index in [9.17, 15) is 0 Å². The Hall–Kier alpha value is -0.560. The topological polar surface area (TPSA) is 26.0 Å². The van der Waals surface area contributed by atoms with E-state index in [1.807, 2.05) is 0 Å². The Morgan fingerprint density at radius 1 is 1.10 bits per heavy atom. The van der Waals surface area contributed by atoms with Crippen molar-refractivity contribution in [1.82, 2.24) is 0 Å². The first-order valence-electron chi connectivity index (χ1n) is 9.25. The van der Waals surface area contributed by atoms with E-state index in [0.29, 0.717) is 6.04 Å². The highest BCUT2D eigenvalue weighted by molar-refractivity contribution is 5.13. The van der Waals surface area contributed by atoms with Gasteiger partial charge in [0.25, 0.3) is 0 Å². The molecule has 0 radical (unpaired) electrons. The van der Waals surface area contributed by atoms with Gasteiger partial charge in [0.15, 0.2) is 0 Å². The van der Waals surface area contributed by atoms with E-state index >= 15 is 0 Å². The second kappa shape index (κ2) is 8.78. The van der Waals surface area contributed by atoms with Gasteiger partial charge in [-0.15, -0.1) is 0 Å². The van der Waals surface area contributed by atoms with E-state index < -0.39 is 0 Å². The summed E-state index contributed by atoms with van der Waals surface area (Å²) in [5.74, 6) is 2.53. The van der Waals surface area contributed by atoms with Gasteiger partial charge in [0.2, 0.25) is 0 Å². The summed E-state index contributed by atoms with van der Waals surface area (Å²) in [5.41, 5.74) is 7.58. The standard InChI is InChI=1S/C20H35N/c1-16-14-19(21)15-17(2)20(16)13-9-4-3-6-10-18-11-7-5-8-12-18/h3-4,14,17-20H,5-13,15,21H2,1-2H3/b4-3-. The van der Waals surface area contributed by atoms with Crippen molar-refractivity contribution < 1.29 is 0 Å². The lowest BCUT2D eigenvalue weighted by Gasteiger charge is -2.31. The summed E-state index contributed by atoms with van der Waals surface area (Å²) in [6, 6.07) is 0.294. The van der Waals surface area contributed by atoms with Crippen molar-refractivity contribution >= 4 is 0 Å². The van der Waals surface area contributed by atoms with Crippen LogP contribution < -0.4 is 5.73 Å². The van der Waals surface area contributed by atoms with Gasteiger partial charge in [0, 0.05) is 6.04 Å². The van der Waals surface area contributed by atoms with Gasteiger partial charge in [-0.2, -0.15) is 0 Å². The zero-order chi connectivity index (χ0) is 15.1. The molecule has 0 aromatic rings. The van der Waals surface area contributed by atoms with E-state index in [0.717, 1.165) is 24.2 Å². The van der Waals surface area contributed by atoms with Crippen molar-refractivity contribution in [3.8, 4) is 0 Å². The van der Waals surface area contributed by atoms with E-state index in [1.54, 1.807) is 0 Å². The molecular formula is C20H35N. The molecule has 0 aromatic heterocycles. The summed E-state index contributed by atoms with van der Waals surface area (Å²) >= 11 is 0. The fourth-order valence-corrected chi connectivity index (χ4v) is 4.40. The van der Waals surface area contributed by atoms with Crippen LogP contribution in [0.2, 0.25) is 0 Å². The molecule has 0 saturated heterocycles. The van der Waals surface area contributed by atoms with Gasteiger partial charge in [-0.3, -0.25) is 0 Å². The average Bonchev–Trinajstić information content (AvgIpc) is 2.45. The molecule has 0 aromatic carbocycles.